The van der Waals surface area contributed by atoms with Gasteiger partial charge in [0.05, 0.1) is 12.6 Å². The summed E-state index contributed by atoms with van der Waals surface area (Å²) in [5, 5.41) is 3.89. The highest BCUT2D eigenvalue weighted by Gasteiger charge is 2.19. The Balaban J connectivity index is 2.66. The molecular weight excluding hydrogens is 192 g/mol. The van der Waals surface area contributed by atoms with Crippen LogP contribution in [-0.4, -0.2) is 29.1 Å². The lowest BCUT2D eigenvalue weighted by atomic mass is 10.0. The molecule has 1 rings (SSSR count). The summed E-state index contributed by atoms with van der Waals surface area (Å²) in [5.74, 6) is 1.59. The molecule has 0 aliphatic carbocycles. The zero-order valence-electron chi connectivity index (χ0n) is 9.90. The van der Waals surface area contributed by atoms with E-state index in [0.29, 0.717) is 24.2 Å². The molecule has 1 heterocycles. The molecule has 1 aromatic heterocycles. The molecule has 5 heteroatoms. The van der Waals surface area contributed by atoms with Crippen molar-refractivity contribution in [2.45, 2.75) is 32.9 Å². The lowest BCUT2D eigenvalue weighted by molar-refractivity contribution is 0.306. The van der Waals surface area contributed by atoms with Gasteiger partial charge in [-0.3, -0.25) is 0 Å². The van der Waals surface area contributed by atoms with Crippen molar-refractivity contribution in [1.82, 2.24) is 15.0 Å². The maximum Gasteiger partial charge on any atom is 0.243 e. The standard InChI is InChI=1S/C10H20N4O/c1-5-7(2)9(11)10-12-8(13-15-10)6-14(3)4/h7,9H,5-6,11H2,1-4H3/t7?,9-/m0/s1. The van der Waals surface area contributed by atoms with E-state index in [4.69, 9.17) is 10.3 Å². The van der Waals surface area contributed by atoms with Crippen LogP contribution in [0.2, 0.25) is 0 Å². The van der Waals surface area contributed by atoms with Gasteiger partial charge in [0.25, 0.3) is 0 Å². The van der Waals surface area contributed by atoms with Crippen molar-refractivity contribution in [3.05, 3.63) is 11.7 Å². The first-order chi connectivity index (χ1) is 7.04. The third-order valence-corrected chi connectivity index (χ3v) is 2.48. The van der Waals surface area contributed by atoms with Crippen molar-refractivity contribution in [1.29, 1.82) is 0 Å². The fourth-order valence-corrected chi connectivity index (χ4v) is 1.25. The van der Waals surface area contributed by atoms with Crippen LogP contribution in [-0.2, 0) is 6.54 Å². The summed E-state index contributed by atoms with van der Waals surface area (Å²) in [6.07, 6.45) is 1.01. The van der Waals surface area contributed by atoms with Gasteiger partial charge >= 0.3 is 0 Å². The normalized spacial score (nSPS) is 15.6. The maximum absolute atomic E-state index is 5.98. The van der Waals surface area contributed by atoms with E-state index in [1.165, 1.54) is 0 Å². The minimum atomic E-state index is -0.154. The average molecular weight is 212 g/mol. The van der Waals surface area contributed by atoms with Crippen molar-refractivity contribution in [3.8, 4) is 0 Å². The average Bonchev–Trinajstić information content (AvgIpc) is 2.63. The van der Waals surface area contributed by atoms with Gasteiger partial charge in [0.2, 0.25) is 5.89 Å². The summed E-state index contributed by atoms with van der Waals surface area (Å²) in [4.78, 5) is 6.26. The Kier molecular flexibility index (Phi) is 4.23. The van der Waals surface area contributed by atoms with Crippen LogP contribution in [0, 0.1) is 5.92 Å². The Bertz CT molecular complexity index is 297. The largest absolute Gasteiger partial charge is 0.338 e. The first-order valence-corrected chi connectivity index (χ1v) is 5.27. The summed E-state index contributed by atoms with van der Waals surface area (Å²) in [5.41, 5.74) is 5.98. The number of nitrogens with two attached hydrogens (primary N) is 1. The second-order valence-electron chi connectivity index (χ2n) is 4.20. The first kappa shape index (κ1) is 12.1. The number of rotatable bonds is 5. The molecular formula is C10H20N4O. The molecule has 0 spiro atoms. The summed E-state index contributed by atoms with van der Waals surface area (Å²) in [6.45, 7) is 4.86. The molecule has 2 atom stereocenters. The molecule has 5 nitrogen and oxygen atoms in total. The van der Waals surface area contributed by atoms with Crippen LogP contribution in [0.15, 0.2) is 4.52 Å². The van der Waals surface area contributed by atoms with Crippen LogP contribution in [0.3, 0.4) is 0 Å². The summed E-state index contributed by atoms with van der Waals surface area (Å²) in [6, 6.07) is -0.154. The predicted molar refractivity (Wildman–Crippen MR) is 58.1 cm³/mol. The molecule has 1 aromatic rings. The molecule has 86 valence electrons. The monoisotopic (exact) mass is 212 g/mol. The molecule has 0 fully saturated rings. The smallest absolute Gasteiger partial charge is 0.243 e. The Morgan fingerprint density at radius 1 is 1.47 bits per heavy atom. The fourth-order valence-electron chi connectivity index (χ4n) is 1.25. The van der Waals surface area contributed by atoms with Gasteiger partial charge < -0.3 is 15.2 Å². The number of nitrogens with zero attached hydrogens (tertiary/aromatic N) is 3. The fraction of sp³-hybridized carbons (Fsp3) is 0.800. The van der Waals surface area contributed by atoms with Gasteiger partial charge in [-0.2, -0.15) is 4.98 Å². The molecule has 2 N–H and O–H groups in total. The summed E-state index contributed by atoms with van der Waals surface area (Å²) in [7, 11) is 3.93. The molecule has 0 saturated carbocycles. The quantitative estimate of drug-likeness (QED) is 0.793. The van der Waals surface area contributed by atoms with E-state index in [1.54, 1.807) is 0 Å². The number of hydrogen-bond donors (Lipinski definition) is 1. The number of hydrogen-bond acceptors (Lipinski definition) is 5. The topological polar surface area (TPSA) is 68.2 Å². The van der Waals surface area contributed by atoms with Gasteiger partial charge in [0.15, 0.2) is 5.82 Å². The van der Waals surface area contributed by atoms with E-state index in [0.717, 1.165) is 6.42 Å². The van der Waals surface area contributed by atoms with Crippen LogP contribution in [0.4, 0.5) is 0 Å². The number of aromatic nitrogens is 2. The molecule has 0 saturated heterocycles. The second kappa shape index (κ2) is 5.23. The van der Waals surface area contributed by atoms with Crippen LogP contribution >= 0.6 is 0 Å². The Labute approximate surface area is 90.6 Å². The first-order valence-electron chi connectivity index (χ1n) is 5.27. The van der Waals surface area contributed by atoms with E-state index in [2.05, 4.69) is 24.0 Å². The lowest BCUT2D eigenvalue weighted by Crippen LogP contribution is -2.19. The maximum atomic E-state index is 5.98. The highest BCUT2D eigenvalue weighted by Crippen LogP contribution is 2.19. The highest BCUT2D eigenvalue weighted by molar-refractivity contribution is 4.93. The van der Waals surface area contributed by atoms with Crippen molar-refractivity contribution in [3.63, 3.8) is 0 Å². The van der Waals surface area contributed by atoms with E-state index >= 15 is 0 Å². The second-order valence-corrected chi connectivity index (χ2v) is 4.20. The van der Waals surface area contributed by atoms with Crippen molar-refractivity contribution < 1.29 is 4.52 Å². The minimum Gasteiger partial charge on any atom is -0.338 e. The molecule has 0 aliphatic rings. The molecule has 0 bridgehead atoms. The van der Waals surface area contributed by atoms with E-state index in [9.17, 15) is 0 Å². The van der Waals surface area contributed by atoms with Crippen LogP contribution in [0.5, 0.6) is 0 Å². The van der Waals surface area contributed by atoms with E-state index in [1.807, 2.05) is 19.0 Å². The van der Waals surface area contributed by atoms with E-state index in [-0.39, 0.29) is 6.04 Å². The van der Waals surface area contributed by atoms with Crippen molar-refractivity contribution in [2.24, 2.45) is 11.7 Å². The molecule has 0 aliphatic heterocycles. The minimum absolute atomic E-state index is 0.154. The zero-order chi connectivity index (χ0) is 11.4. The zero-order valence-corrected chi connectivity index (χ0v) is 9.90. The van der Waals surface area contributed by atoms with Gasteiger partial charge in [-0.1, -0.05) is 25.4 Å². The van der Waals surface area contributed by atoms with Crippen molar-refractivity contribution in [2.75, 3.05) is 14.1 Å². The molecule has 0 radical (unpaired) electrons. The van der Waals surface area contributed by atoms with Crippen LogP contribution < -0.4 is 5.73 Å². The molecule has 0 aromatic carbocycles. The summed E-state index contributed by atoms with van der Waals surface area (Å²) >= 11 is 0. The molecule has 15 heavy (non-hydrogen) atoms. The van der Waals surface area contributed by atoms with Gasteiger partial charge in [-0.25, -0.2) is 0 Å². The Morgan fingerprint density at radius 2 is 2.13 bits per heavy atom. The van der Waals surface area contributed by atoms with Gasteiger partial charge in [0, 0.05) is 0 Å². The van der Waals surface area contributed by atoms with Gasteiger partial charge in [0.1, 0.15) is 0 Å². The third kappa shape index (κ3) is 3.28. The summed E-state index contributed by atoms with van der Waals surface area (Å²) < 4.78 is 5.14. The van der Waals surface area contributed by atoms with Crippen LogP contribution in [0.1, 0.15) is 38.0 Å². The van der Waals surface area contributed by atoms with Crippen molar-refractivity contribution >= 4 is 0 Å². The highest BCUT2D eigenvalue weighted by atomic mass is 16.5. The third-order valence-electron chi connectivity index (χ3n) is 2.48. The molecule has 1 unspecified atom stereocenters. The van der Waals surface area contributed by atoms with E-state index < -0.39 is 0 Å². The lowest BCUT2D eigenvalue weighted by Gasteiger charge is -2.13. The SMILES string of the molecule is CCC(C)[C@H](N)c1nc(CN(C)C)no1. The van der Waals surface area contributed by atoms with Gasteiger partial charge in [-0.15, -0.1) is 0 Å². The molecule has 0 amide bonds. The predicted octanol–water partition coefficient (Wildman–Crippen LogP) is 1.18. The van der Waals surface area contributed by atoms with Gasteiger partial charge in [-0.05, 0) is 20.0 Å². The van der Waals surface area contributed by atoms with Crippen LogP contribution in [0.25, 0.3) is 0 Å². The Hall–Kier alpha value is -0.940. The Morgan fingerprint density at radius 3 is 2.67 bits per heavy atom.